The van der Waals surface area contributed by atoms with Crippen LogP contribution in [0, 0.1) is 5.41 Å². The van der Waals surface area contributed by atoms with Gasteiger partial charge >= 0.3 is 0 Å². The van der Waals surface area contributed by atoms with Crippen LogP contribution in [-0.2, 0) is 14.9 Å². The van der Waals surface area contributed by atoms with Gasteiger partial charge in [0.05, 0.1) is 13.2 Å². The van der Waals surface area contributed by atoms with E-state index in [4.69, 9.17) is 15.9 Å². The molecule has 0 aliphatic rings. The third-order valence-corrected chi connectivity index (χ3v) is 3.54. The van der Waals surface area contributed by atoms with E-state index in [9.17, 15) is 8.42 Å². The smallest absolute Gasteiger partial charge is 0.280 e. The fourth-order valence-corrected chi connectivity index (χ4v) is 2.44. The van der Waals surface area contributed by atoms with Gasteiger partial charge in [-0.05, 0) is 13.8 Å². The van der Waals surface area contributed by atoms with E-state index in [1.165, 1.54) is 7.11 Å². The predicted octanol–water partition coefficient (Wildman–Crippen LogP) is -0.886. The van der Waals surface area contributed by atoms with Crippen molar-refractivity contribution in [3.05, 3.63) is 0 Å². The van der Waals surface area contributed by atoms with Crippen LogP contribution in [0.15, 0.2) is 0 Å². The lowest BCUT2D eigenvalue weighted by Crippen LogP contribution is -2.48. The van der Waals surface area contributed by atoms with Gasteiger partial charge < -0.3 is 10.5 Å². The highest BCUT2D eigenvalue weighted by Crippen LogP contribution is 2.03. The minimum atomic E-state index is -3.61. The van der Waals surface area contributed by atoms with Crippen molar-refractivity contribution in [1.82, 2.24) is 9.03 Å². The summed E-state index contributed by atoms with van der Waals surface area (Å²) in [7, 11) is -2.12. The maximum atomic E-state index is 11.8. The van der Waals surface area contributed by atoms with Crippen molar-refractivity contribution in [2.24, 2.45) is 5.73 Å². The Morgan fingerprint density at radius 1 is 1.56 bits per heavy atom. The first-order valence-corrected chi connectivity index (χ1v) is 6.33. The van der Waals surface area contributed by atoms with Crippen molar-refractivity contribution in [3.8, 4) is 0 Å². The van der Waals surface area contributed by atoms with Crippen molar-refractivity contribution in [1.29, 1.82) is 5.41 Å². The molecule has 0 saturated carbocycles. The Labute approximate surface area is 96.6 Å². The number of hydrogen-bond donors (Lipinski definition) is 3. The lowest BCUT2D eigenvalue weighted by molar-refractivity contribution is 0.203. The normalized spacial score (nSPS) is 12.3. The molecule has 0 amide bonds. The molecule has 0 aliphatic carbocycles. The molecule has 0 atom stereocenters. The highest BCUT2D eigenvalue weighted by molar-refractivity contribution is 7.87. The number of amidine groups is 1. The van der Waals surface area contributed by atoms with E-state index >= 15 is 0 Å². The number of methoxy groups -OCH3 is 1. The molecule has 4 N–H and O–H groups in total. The molecule has 0 rings (SSSR count). The summed E-state index contributed by atoms with van der Waals surface area (Å²) in [6, 6.07) is -0.260. The van der Waals surface area contributed by atoms with Crippen molar-refractivity contribution in [3.63, 3.8) is 0 Å². The molecule has 8 heteroatoms. The zero-order valence-corrected chi connectivity index (χ0v) is 10.7. The maximum absolute atomic E-state index is 11.8. The second-order valence-electron chi connectivity index (χ2n) is 3.56. The molecule has 16 heavy (non-hydrogen) atoms. The molecule has 7 nitrogen and oxygen atoms in total. The quantitative estimate of drug-likeness (QED) is 0.296. The van der Waals surface area contributed by atoms with Gasteiger partial charge in [0.2, 0.25) is 0 Å². The van der Waals surface area contributed by atoms with Gasteiger partial charge in [-0.1, -0.05) is 0 Å². The Morgan fingerprint density at radius 3 is 2.50 bits per heavy atom. The van der Waals surface area contributed by atoms with Crippen LogP contribution in [0.4, 0.5) is 0 Å². The molecular formula is C8H20N4O3S. The van der Waals surface area contributed by atoms with E-state index in [0.717, 1.165) is 4.31 Å². The number of hydrogen-bond acceptors (Lipinski definition) is 4. The molecule has 0 saturated heterocycles. The van der Waals surface area contributed by atoms with Crippen molar-refractivity contribution >= 4 is 16.0 Å². The Morgan fingerprint density at radius 2 is 2.12 bits per heavy atom. The van der Waals surface area contributed by atoms with E-state index in [1.807, 2.05) is 0 Å². The van der Waals surface area contributed by atoms with E-state index in [2.05, 4.69) is 4.72 Å². The summed E-state index contributed by atoms with van der Waals surface area (Å²) in [4.78, 5) is 0. The Bertz CT molecular complexity index is 315. The average Bonchev–Trinajstić information content (AvgIpc) is 2.13. The number of nitrogens with zero attached hydrogens (tertiary/aromatic N) is 1. The summed E-state index contributed by atoms with van der Waals surface area (Å²) in [5, 5.41) is 7.13. The summed E-state index contributed by atoms with van der Waals surface area (Å²) in [6.07, 6.45) is 0. The number of nitrogens with one attached hydrogen (secondary N) is 2. The lowest BCUT2D eigenvalue weighted by Gasteiger charge is -2.25. The molecule has 0 bridgehead atoms. The van der Waals surface area contributed by atoms with E-state index in [1.54, 1.807) is 13.8 Å². The van der Waals surface area contributed by atoms with Crippen molar-refractivity contribution in [2.45, 2.75) is 19.9 Å². The van der Waals surface area contributed by atoms with E-state index < -0.39 is 10.2 Å². The van der Waals surface area contributed by atoms with Crippen molar-refractivity contribution in [2.75, 3.05) is 26.8 Å². The lowest BCUT2D eigenvalue weighted by atomic mass is 10.4. The highest BCUT2D eigenvalue weighted by Gasteiger charge is 2.24. The van der Waals surface area contributed by atoms with Crippen LogP contribution in [-0.4, -0.2) is 51.4 Å². The first-order chi connectivity index (χ1) is 7.31. The van der Waals surface area contributed by atoms with Crippen LogP contribution in [0.2, 0.25) is 0 Å². The van der Waals surface area contributed by atoms with Crippen molar-refractivity contribution < 1.29 is 13.2 Å². The highest BCUT2D eigenvalue weighted by atomic mass is 32.2. The first-order valence-electron chi connectivity index (χ1n) is 4.89. The molecule has 0 heterocycles. The summed E-state index contributed by atoms with van der Waals surface area (Å²) < 4.78 is 31.8. The fraction of sp³-hybridized carbons (Fsp3) is 0.875. The largest absolute Gasteiger partial charge is 0.387 e. The van der Waals surface area contributed by atoms with Gasteiger partial charge in [-0.25, -0.2) is 0 Å². The SMILES string of the molecule is COCCNS(=O)(=O)N(CC(=N)N)C(C)C. The molecule has 0 fully saturated rings. The number of nitrogens with two attached hydrogens (primary N) is 1. The van der Waals surface area contributed by atoms with E-state index in [-0.39, 0.29) is 25.0 Å². The van der Waals surface area contributed by atoms with Gasteiger partial charge in [0.15, 0.2) is 0 Å². The minimum absolute atomic E-state index is 0.111. The number of rotatable bonds is 8. The topological polar surface area (TPSA) is 109 Å². The third kappa shape index (κ3) is 5.40. The zero-order valence-electron chi connectivity index (χ0n) is 9.86. The van der Waals surface area contributed by atoms with Gasteiger partial charge in [0.1, 0.15) is 5.84 Å². The molecule has 0 aliphatic heterocycles. The first kappa shape index (κ1) is 15.3. The Balaban J connectivity index is 4.57. The molecule has 96 valence electrons. The summed E-state index contributed by atoms with van der Waals surface area (Å²) >= 11 is 0. The van der Waals surface area contributed by atoms with Gasteiger partial charge in [0, 0.05) is 19.7 Å². The summed E-state index contributed by atoms with van der Waals surface area (Å²) in [5.41, 5.74) is 5.21. The van der Waals surface area contributed by atoms with Crippen LogP contribution in [0.1, 0.15) is 13.8 Å². The molecule has 0 aromatic rings. The third-order valence-electron chi connectivity index (χ3n) is 1.80. The van der Waals surface area contributed by atoms with Gasteiger partial charge in [0.25, 0.3) is 10.2 Å². The maximum Gasteiger partial charge on any atom is 0.280 e. The van der Waals surface area contributed by atoms with E-state index in [0.29, 0.717) is 6.61 Å². The summed E-state index contributed by atoms with van der Waals surface area (Å²) in [5.74, 6) is -0.189. The Hall–Kier alpha value is -0.700. The van der Waals surface area contributed by atoms with Crippen LogP contribution < -0.4 is 10.5 Å². The van der Waals surface area contributed by atoms with Crippen LogP contribution in [0.5, 0.6) is 0 Å². The Kier molecular flexibility index (Phi) is 6.49. The molecule has 0 radical (unpaired) electrons. The zero-order chi connectivity index (χ0) is 12.8. The molecule has 0 spiro atoms. The predicted molar refractivity (Wildman–Crippen MR) is 62.6 cm³/mol. The summed E-state index contributed by atoms with van der Waals surface area (Å²) in [6.45, 7) is 3.82. The van der Waals surface area contributed by atoms with Crippen LogP contribution >= 0.6 is 0 Å². The van der Waals surface area contributed by atoms with Gasteiger partial charge in [-0.15, -0.1) is 0 Å². The molecule has 0 unspecified atom stereocenters. The second-order valence-corrected chi connectivity index (χ2v) is 5.26. The standard InChI is InChI=1S/C8H20N4O3S/c1-7(2)12(6-8(9)10)16(13,14)11-4-5-15-3/h7,11H,4-6H2,1-3H3,(H3,9,10). The van der Waals surface area contributed by atoms with Gasteiger partial charge in [-0.3, -0.25) is 5.41 Å². The second kappa shape index (κ2) is 6.79. The monoisotopic (exact) mass is 252 g/mol. The average molecular weight is 252 g/mol. The fourth-order valence-electron chi connectivity index (χ4n) is 1.07. The van der Waals surface area contributed by atoms with Gasteiger partial charge in [-0.2, -0.15) is 17.4 Å². The number of ether oxygens (including phenoxy) is 1. The minimum Gasteiger partial charge on any atom is -0.387 e. The molecule has 0 aromatic carbocycles. The van der Waals surface area contributed by atoms with Crippen LogP contribution in [0.25, 0.3) is 0 Å². The van der Waals surface area contributed by atoms with Crippen LogP contribution in [0.3, 0.4) is 0 Å². The molecule has 0 aromatic heterocycles. The molecular weight excluding hydrogens is 232 g/mol.